The van der Waals surface area contributed by atoms with Gasteiger partial charge in [-0.2, -0.15) is 5.10 Å². The fourth-order valence-corrected chi connectivity index (χ4v) is 1.99. The average molecular weight is 272 g/mol. The Morgan fingerprint density at radius 2 is 2.35 bits per heavy atom. The fraction of sp³-hybridized carbons (Fsp3) is 0.100. The Balaban J connectivity index is 2.13. The van der Waals surface area contributed by atoms with Crippen LogP contribution in [-0.4, -0.2) is 23.0 Å². The molecule has 1 aliphatic rings. The zero-order valence-corrected chi connectivity index (χ0v) is 10.1. The average Bonchev–Trinajstić information content (AvgIpc) is 2.69. The van der Waals surface area contributed by atoms with Crippen molar-refractivity contribution in [3.8, 4) is 0 Å². The van der Waals surface area contributed by atoms with Crippen LogP contribution < -0.4 is 5.32 Å². The molecule has 0 spiro atoms. The van der Waals surface area contributed by atoms with Gasteiger partial charge in [0.25, 0.3) is 0 Å². The Hall–Kier alpha value is -1.40. The molecule has 2 rings (SSSR count). The van der Waals surface area contributed by atoms with Gasteiger partial charge in [-0.1, -0.05) is 29.4 Å². The maximum absolute atomic E-state index is 13.3. The minimum absolute atomic E-state index is 0.118. The molecule has 1 amide bonds. The van der Waals surface area contributed by atoms with Crippen molar-refractivity contribution in [2.75, 3.05) is 5.75 Å². The van der Waals surface area contributed by atoms with E-state index in [4.69, 9.17) is 11.6 Å². The van der Waals surface area contributed by atoms with Crippen LogP contribution in [0.4, 0.5) is 4.39 Å². The molecule has 0 aliphatic carbocycles. The quantitative estimate of drug-likeness (QED) is 0.661. The summed E-state index contributed by atoms with van der Waals surface area (Å²) in [5.74, 6) is -0.258. The van der Waals surface area contributed by atoms with Crippen molar-refractivity contribution in [3.63, 3.8) is 0 Å². The summed E-state index contributed by atoms with van der Waals surface area (Å²) in [5.41, 5.74) is 0.174. The highest BCUT2D eigenvalue weighted by Crippen LogP contribution is 2.16. The van der Waals surface area contributed by atoms with Crippen molar-refractivity contribution in [1.82, 2.24) is 5.32 Å². The van der Waals surface area contributed by atoms with E-state index in [-0.39, 0.29) is 16.5 Å². The normalized spacial score (nSPS) is 18.0. The summed E-state index contributed by atoms with van der Waals surface area (Å²) in [7, 11) is 0. The first-order valence-corrected chi connectivity index (χ1v) is 6.01. The number of thioether (sulfide) groups is 1. The van der Waals surface area contributed by atoms with E-state index in [2.05, 4.69) is 15.5 Å². The van der Waals surface area contributed by atoms with Crippen LogP contribution in [0, 0.1) is 5.82 Å². The number of nitrogens with one attached hydrogen (secondary N) is 1. The number of carbonyl (C=O) groups excluding carboxylic acids is 1. The van der Waals surface area contributed by atoms with Crippen molar-refractivity contribution < 1.29 is 9.18 Å². The number of nitrogens with zero attached hydrogens (tertiary/aromatic N) is 2. The zero-order chi connectivity index (χ0) is 12.3. The van der Waals surface area contributed by atoms with Crippen molar-refractivity contribution in [2.45, 2.75) is 0 Å². The lowest BCUT2D eigenvalue weighted by Gasteiger charge is -1.97. The molecule has 88 valence electrons. The molecule has 1 N–H and O–H groups in total. The Morgan fingerprint density at radius 1 is 1.53 bits per heavy atom. The standard InChI is InChI=1S/C10H7ClFN3OS/c11-7-2-1-3-8(12)6(7)4-13-15-10-14-9(16)5-17-10/h1-4H,5H2,(H,14,15,16). The number of amides is 1. The van der Waals surface area contributed by atoms with Gasteiger partial charge in [-0.25, -0.2) is 4.39 Å². The second-order valence-electron chi connectivity index (χ2n) is 3.12. The second-order valence-corrected chi connectivity index (χ2v) is 4.49. The SMILES string of the molecule is O=C1CSC(=NN=Cc2c(F)cccc2Cl)N1. The number of amidine groups is 1. The number of rotatable bonds is 2. The Bertz CT molecular complexity index is 498. The van der Waals surface area contributed by atoms with Gasteiger partial charge in [-0.3, -0.25) is 4.79 Å². The third-order valence-electron chi connectivity index (χ3n) is 1.92. The van der Waals surface area contributed by atoms with Gasteiger partial charge in [0.1, 0.15) is 5.82 Å². The molecule has 1 aliphatic heterocycles. The molecule has 1 aromatic carbocycles. The third-order valence-corrected chi connectivity index (χ3v) is 3.11. The number of hydrogen-bond acceptors (Lipinski definition) is 4. The summed E-state index contributed by atoms with van der Waals surface area (Å²) in [6.07, 6.45) is 1.22. The largest absolute Gasteiger partial charge is 0.303 e. The molecule has 0 bridgehead atoms. The first-order chi connectivity index (χ1) is 8.16. The van der Waals surface area contributed by atoms with Crippen LogP contribution in [0.15, 0.2) is 28.4 Å². The second kappa shape index (κ2) is 5.29. The molecule has 1 saturated heterocycles. The van der Waals surface area contributed by atoms with Crippen LogP contribution in [-0.2, 0) is 4.79 Å². The van der Waals surface area contributed by atoms with Crippen LogP contribution in [0.3, 0.4) is 0 Å². The monoisotopic (exact) mass is 271 g/mol. The van der Waals surface area contributed by atoms with Gasteiger partial charge >= 0.3 is 0 Å². The van der Waals surface area contributed by atoms with Crippen LogP contribution in [0.5, 0.6) is 0 Å². The van der Waals surface area contributed by atoms with Gasteiger partial charge in [0, 0.05) is 5.56 Å². The van der Waals surface area contributed by atoms with Crippen LogP contribution >= 0.6 is 23.4 Å². The summed E-state index contributed by atoms with van der Waals surface area (Å²) in [5, 5.41) is 10.6. The van der Waals surface area contributed by atoms with Crippen LogP contribution in [0.2, 0.25) is 5.02 Å². The first kappa shape index (κ1) is 12.1. The van der Waals surface area contributed by atoms with Gasteiger partial charge < -0.3 is 5.32 Å². The predicted molar refractivity (Wildman–Crippen MR) is 67.0 cm³/mol. The third kappa shape index (κ3) is 3.04. The van der Waals surface area contributed by atoms with Crippen molar-refractivity contribution in [1.29, 1.82) is 0 Å². The lowest BCUT2D eigenvalue weighted by Crippen LogP contribution is -2.19. The molecule has 0 saturated carbocycles. The molecule has 1 heterocycles. The summed E-state index contributed by atoms with van der Waals surface area (Å²) in [4.78, 5) is 10.8. The van der Waals surface area contributed by atoms with E-state index >= 15 is 0 Å². The topological polar surface area (TPSA) is 53.8 Å². The summed E-state index contributed by atoms with van der Waals surface area (Å²) < 4.78 is 13.3. The highest BCUT2D eigenvalue weighted by Gasteiger charge is 2.15. The maximum Gasteiger partial charge on any atom is 0.236 e. The number of carbonyl (C=O) groups is 1. The minimum atomic E-state index is -0.468. The minimum Gasteiger partial charge on any atom is -0.303 e. The molecule has 0 radical (unpaired) electrons. The van der Waals surface area contributed by atoms with Gasteiger partial charge in [0.15, 0.2) is 5.17 Å². The highest BCUT2D eigenvalue weighted by atomic mass is 35.5. The molecule has 0 unspecified atom stereocenters. The molecule has 1 fully saturated rings. The van der Waals surface area contributed by atoms with E-state index in [0.29, 0.717) is 10.9 Å². The highest BCUT2D eigenvalue weighted by molar-refractivity contribution is 8.15. The molecule has 4 nitrogen and oxygen atoms in total. The number of hydrogen-bond donors (Lipinski definition) is 1. The number of halogens is 2. The van der Waals surface area contributed by atoms with E-state index in [0.717, 1.165) is 0 Å². The number of benzene rings is 1. The van der Waals surface area contributed by atoms with Gasteiger partial charge in [0.05, 0.1) is 17.0 Å². The van der Waals surface area contributed by atoms with Crippen LogP contribution in [0.25, 0.3) is 0 Å². The van der Waals surface area contributed by atoms with Crippen LogP contribution in [0.1, 0.15) is 5.56 Å². The van der Waals surface area contributed by atoms with E-state index in [1.54, 1.807) is 6.07 Å². The summed E-state index contributed by atoms with van der Waals surface area (Å²) in [6, 6.07) is 4.35. The van der Waals surface area contributed by atoms with Gasteiger partial charge in [-0.15, -0.1) is 5.10 Å². The first-order valence-electron chi connectivity index (χ1n) is 4.64. The molecule has 0 atom stereocenters. The molecular weight excluding hydrogens is 265 g/mol. The van der Waals surface area contributed by atoms with E-state index in [1.165, 1.54) is 30.1 Å². The van der Waals surface area contributed by atoms with Crippen molar-refractivity contribution >= 4 is 40.7 Å². The van der Waals surface area contributed by atoms with E-state index in [9.17, 15) is 9.18 Å². The molecule has 1 aromatic rings. The fourth-order valence-electron chi connectivity index (χ4n) is 1.15. The van der Waals surface area contributed by atoms with E-state index < -0.39 is 5.82 Å². The Kier molecular flexibility index (Phi) is 3.75. The Labute approximate surface area is 106 Å². The lowest BCUT2D eigenvalue weighted by atomic mass is 10.2. The molecule has 0 aromatic heterocycles. The summed E-state index contributed by atoms with van der Waals surface area (Å²) >= 11 is 7.04. The van der Waals surface area contributed by atoms with Gasteiger partial charge in [0.2, 0.25) is 5.91 Å². The molecule has 7 heteroatoms. The molecular formula is C10H7ClFN3OS. The van der Waals surface area contributed by atoms with Crippen molar-refractivity contribution in [2.24, 2.45) is 10.2 Å². The lowest BCUT2D eigenvalue weighted by molar-refractivity contribution is -0.116. The zero-order valence-electron chi connectivity index (χ0n) is 8.48. The predicted octanol–water partition coefficient (Wildman–Crippen LogP) is 2.03. The molecule has 17 heavy (non-hydrogen) atoms. The van der Waals surface area contributed by atoms with Crippen molar-refractivity contribution in [3.05, 3.63) is 34.6 Å². The smallest absolute Gasteiger partial charge is 0.236 e. The Morgan fingerprint density at radius 3 is 3.00 bits per heavy atom. The maximum atomic E-state index is 13.3. The summed E-state index contributed by atoms with van der Waals surface area (Å²) in [6.45, 7) is 0. The van der Waals surface area contributed by atoms with Gasteiger partial charge in [-0.05, 0) is 12.1 Å². The van der Waals surface area contributed by atoms with E-state index in [1.807, 2.05) is 0 Å².